The summed E-state index contributed by atoms with van der Waals surface area (Å²) in [6.07, 6.45) is 1.71. The van der Waals surface area contributed by atoms with E-state index in [-0.39, 0.29) is 0 Å². The molecule has 2 aromatic rings. The summed E-state index contributed by atoms with van der Waals surface area (Å²) in [7, 11) is 0. The molecule has 1 aromatic carbocycles. The first-order chi connectivity index (χ1) is 8.16. The zero-order chi connectivity index (χ0) is 12.3. The van der Waals surface area contributed by atoms with Crippen LogP contribution in [0.25, 0.3) is 0 Å². The fraction of sp³-hybridized carbons (Fsp3) is 0.333. The summed E-state index contributed by atoms with van der Waals surface area (Å²) in [4.78, 5) is 0. The van der Waals surface area contributed by atoms with E-state index in [1.54, 1.807) is 6.26 Å². The third-order valence-electron chi connectivity index (χ3n) is 3.06. The van der Waals surface area contributed by atoms with Crippen molar-refractivity contribution in [1.29, 1.82) is 0 Å². The van der Waals surface area contributed by atoms with Gasteiger partial charge in [-0.15, -0.1) is 0 Å². The third-order valence-corrected chi connectivity index (χ3v) is 3.06. The van der Waals surface area contributed by atoms with Crippen molar-refractivity contribution < 1.29 is 4.42 Å². The Hall–Kier alpha value is -1.54. The number of aryl methyl sites for hydroxylation is 2. The minimum atomic E-state index is 0.333. The lowest BCUT2D eigenvalue weighted by Crippen LogP contribution is -2.18. The molecular formula is C15H19NO. The van der Waals surface area contributed by atoms with E-state index < -0.39 is 0 Å². The van der Waals surface area contributed by atoms with E-state index >= 15 is 0 Å². The molecule has 17 heavy (non-hydrogen) atoms. The van der Waals surface area contributed by atoms with Gasteiger partial charge in [0.25, 0.3) is 0 Å². The first-order valence-corrected chi connectivity index (χ1v) is 6.00. The van der Waals surface area contributed by atoms with E-state index in [0.717, 1.165) is 12.3 Å². The quantitative estimate of drug-likeness (QED) is 0.863. The summed E-state index contributed by atoms with van der Waals surface area (Å²) in [6.45, 7) is 7.23. The maximum atomic E-state index is 5.31. The van der Waals surface area contributed by atoms with Crippen LogP contribution in [0.3, 0.4) is 0 Å². The fourth-order valence-corrected chi connectivity index (χ4v) is 2.00. The zero-order valence-electron chi connectivity index (χ0n) is 10.7. The van der Waals surface area contributed by atoms with Gasteiger partial charge in [-0.05, 0) is 44.0 Å². The zero-order valence-corrected chi connectivity index (χ0v) is 10.7. The highest BCUT2D eigenvalue weighted by atomic mass is 16.3. The summed E-state index contributed by atoms with van der Waals surface area (Å²) >= 11 is 0. The van der Waals surface area contributed by atoms with Crippen molar-refractivity contribution in [3.05, 3.63) is 59.0 Å². The van der Waals surface area contributed by atoms with E-state index in [1.165, 1.54) is 16.7 Å². The Kier molecular flexibility index (Phi) is 3.64. The molecule has 2 heteroatoms. The van der Waals surface area contributed by atoms with E-state index in [2.05, 4.69) is 44.3 Å². The average molecular weight is 229 g/mol. The standard InChI is InChI=1S/C15H19NO/c1-11-6-7-12(2)15(9-11)13(3)16-10-14-5-4-8-17-14/h4-9,13,16H,10H2,1-3H3. The maximum Gasteiger partial charge on any atom is 0.117 e. The summed E-state index contributed by atoms with van der Waals surface area (Å²) in [5, 5.41) is 3.48. The number of furan rings is 1. The van der Waals surface area contributed by atoms with Crippen molar-refractivity contribution in [2.75, 3.05) is 0 Å². The maximum absolute atomic E-state index is 5.31. The molecular weight excluding hydrogens is 210 g/mol. The Morgan fingerprint density at radius 1 is 1.24 bits per heavy atom. The second-order valence-electron chi connectivity index (χ2n) is 4.54. The number of hydrogen-bond acceptors (Lipinski definition) is 2. The van der Waals surface area contributed by atoms with Crippen LogP contribution in [-0.4, -0.2) is 0 Å². The Morgan fingerprint density at radius 2 is 2.06 bits per heavy atom. The summed E-state index contributed by atoms with van der Waals surface area (Å²) in [5.41, 5.74) is 3.99. The second kappa shape index (κ2) is 5.19. The molecule has 0 fully saturated rings. The number of benzene rings is 1. The summed E-state index contributed by atoms with van der Waals surface area (Å²) in [5.74, 6) is 0.974. The molecule has 90 valence electrons. The van der Waals surface area contributed by atoms with Gasteiger partial charge in [-0.2, -0.15) is 0 Å². The lowest BCUT2D eigenvalue weighted by molar-refractivity contribution is 0.460. The molecule has 0 bridgehead atoms. The van der Waals surface area contributed by atoms with Crippen molar-refractivity contribution in [3.8, 4) is 0 Å². The first kappa shape index (κ1) is 11.9. The van der Waals surface area contributed by atoms with Gasteiger partial charge in [0.2, 0.25) is 0 Å². The molecule has 1 heterocycles. The van der Waals surface area contributed by atoms with Crippen LogP contribution in [0.1, 0.15) is 35.4 Å². The molecule has 0 amide bonds. The Morgan fingerprint density at radius 3 is 2.76 bits per heavy atom. The molecule has 1 unspecified atom stereocenters. The highest BCUT2D eigenvalue weighted by molar-refractivity contribution is 5.32. The molecule has 1 N–H and O–H groups in total. The Balaban J connectivity index is 2.04. The molecule has 0 aliphatic heterocycles. The van der Waals surface area contributed by atoms with Crippen molar-refractivity contribution in [2.45, 2.75) is 33.4 Å². The van der Waals surface area contributed by atoms with Crippen molar-refractivity contribution >= 4 is 0 Å². The smallest absolute Gasteiger partial charge is 0.117 e. The Bertz CT molecular complexity index is 474. The molecule has 0 saturated heterocycles. The van der Waals surface area contributed by atoms with Crippen LogP contribution in [0, 0.1) is 13.8 Å². The van der Waals surface area contributed by atoms with Crippen LogP contribution in [-0.2, 0) is 6.54 Å². The normalized spacial score (nSPS) is 12.6. The monoisotopic (exact) mass is 229 g/mol. The van der Waals surface area contributed by atoms with Gasteiger partial charge in [-0.25, -0.2) is 0 Å². The van der Waals surface area contributed by atoms with Crippen molar-refractivity contribution in [1.82, 2.24) is 5.32 Å². The van der Waals surface area contributed by atoms with Gasteiger partial charge in [0, 0.05) is 6.04 Å². The third kappa shape index (κ3) is 2.98. The Labute approximate surface area is 103 Å². The van der Waals surface area contributed by atoms with E-state index in [4.69, 9.17) is 4.42 Å². The van der Waals surface area contributed by atoms with Gasteiger partial charge in [0.1, 0.15) is 5.76 Å². The van der Waals surface area contributed by atoms with E-state index in [0.29, 0.717) is 6.04 Å². The minimum Gasteiger partial charge on any atom is -0.468 e. The highest BCUT2D eigenvalue weighted by Crippen LogP contribution is 2.19. The fourth-order valence-electron chi connectivity index (χ4n) is 2.00. The topological polar surface area (TPSA) is 25.2 Å². The van der Waals surface area contributed by atoms with Crippen LogP contribution in [0.4, 0.5) is 0 Å². The first-order valence-electron chi connectivity index (χ1n) is 6.00. The molecule has 2 nitrogen and oxygen atoms in total. The summed E-state index contributed by atoms with van der Waals surface area (Å²) in [6, 6.07) is 10.8. The van der Waals surface area contributed by atoms with Gasteiger partial charge >= 0.3 is 0 Å². The van der Waals surface area contributed by atoms with E-state index in [9.17, 15) is 0 Å². The molecule has 1 aromatic heterocycles. The SMILES string of the molecule is Cc1ccc(C)c(C(C)NCc2ccco2)c1. The molecule has 0 saturated carbocycles. The summed E-state index contributed by atoms with van der Waals surface area (Å²) < 4.78 is 5.31. The molecule has 0 aliphatic rings. The molecule has 0 aliphatic carbocycles. The predicted octanol–water partition coefficient (Wildman–Crippen LogP) is 3.75. The molecule has 1 atom stereocenters. The van der Waals surface area contributed by atoms with Gasteiger partial charge in [0.05, 0.1) is 12.8 Å². The lowest BCUT2D eigenvalue weighted by Gasteiger charge is -2.16. The number of hydrogen-bond donors (Lipinski definition) is 1. The van der Waals surface area contributed by atoms with Gasteiger partial charge < -0.3 is 9.73 Å². The van der Waals surface area contributed by atoms with Gasteiger partial charge in [-0.1, -0.05) is 23.8 Å². The van der Waals surface area contributed by atoms with Crippen LogP contribution in [0.5, 0.6) is 0 Å². The number of rotatable bonds is 4. The van der Waals surface area contributed by atoms with Crippen molar-refractivity contribution in [2.24, 2.45) is 0 Å². The second-order valence-corrected chi connectivity index (χ2v) is 4.54. The largest absolute Gasteiger partial charge is 0.468 e. The predicted molar refractivity (Wildman–Crippen MR) is 69.9 cm³/mol. The van der Waals surface area contributed by atoms with Crippen LogP contribution in [0.2, 0.25) is 0 Å². The van der Waals surface area contributed by atoms with Crippen LogP contribution < -0.4 is 5.32 Å². The van der Waals surface area contributed by atoms with E-state index in [1.807, 2.05) is 12.1 Å². The average Bonchev–Trinajstić information content (AvgIpc) is 2.82. The molecule has 0 spiro atoms. The molecule has 0 radical (unpaired) electrons. The number of nitrogens with one attached hydrogen (secondary N) is 1. The van der Waals surface area contributed by atoms with Crippen molar-refractivity contribution in [3.63, 3.8) is 0 Å². The van der Waals surface area contributed by atoms with Crippen LogP contribution >= 0.6 is 0 Å². The minimum absolute atomic E-state index is 0.333. The molecule has 2 rings (SSSR count). The van der Waals surface area contributed by atoms with Crippen LogP contribution in [0.15, 0.2) is 41.0 Å². The van der Waals surface area contributed by atoms with Gasteiger partial charge in [0.15, 0.2) is 0 Å². The van der Waals surface area contributed by atoms with Gasteiger partial charge in [-0.3, -0.25) is 0 Å². The highest BCUT2D eigenvalue weighted by Gasteiger charge is 2.08. The lowest BCUT2D eigenvalue weighted by atomic mass is 10.00.